The molecule has 3 heteroatoms. The van der Waals surface area contributed by atoms with E-state index >= 15 is 0 Å². The second-order valence-corrected chi connectivity index (χ2v) is 8.71. The zero-order valence-corrected chi connectivity index (χ0v) is 17.6. The van der Waals surface area contributed by atoms with Crippen molar-refractivity contribution < 1.29 is 4.57 Å². The molecule has 4 aliphatic carbocycles. The van der Waals surface area contributed by atoms with Gasteiger partial charge in [0.05, 0.1) is 7.05 Å². The first-order valence-corrected chi connectivity index (χ1v) is 9.86. The van der Waals surface area contributed by atoms with Gasteiger partial charge in [-0.2, -0.15) is 4.57 Å². The summed E-state index contributed by atoms with van der Waals surface area (Å²) in [6, 6.07) is 15.9. The van der Waals surface area contributed by atoms with Crippen LogP contribution in [-0.2, 0) is 7.05 Å². The lowest BCUT2D eigenvalue weighted by Gasteiger charge is -2.38. The van der Waals surface area contributed by atoms with Gasteiger partial charge in [-0.15, -0.1) is 24.0 Å². The zero-order chi connectivity index (χ0) is 16.5. The van der Waals surface area contributed by atoms with E-state index in [0.717, 1.165) is 23.7 Å². The number of fused-ring (bicyclic) bond motifs is 1. The summed E-state index contributed by atoms with van der Waals surface area (Å²) in [6.45, 7) is 0. The van der Waals surface area contributed by atoms with Crippen LogP contribution in [0.2, 0.25) is 0 Å². The highest BCUT2D eigenvalue weighted by Gasteiger charge is 2.42. The van der Waals surface area contributed by atoms with Crippen molar-refractivity contribution in [3.63, 3.8) is 0 Å². The summed E-state index contributed by atoms with van der Waals surface area (Å²) >= 11 is 0. The molecule has 2 fully saturated rings. The Kier molecular flexibility index (Phi) is 3.93. The second kappa shape index (κ2) is 6.08. The summed E-state index contributed by atoms with van der Waals surface area (Å²) in [5.74, 6) is 3.59. The lowest BCUT2D eigenvalue weighted by atomic mass is 9.67. The fourth-order valence-corrected chi connectivity index (χ4v) is 6.24. The Hall–Kier alpha value is -1.36. The number of hydrogen-bond acceptors (Lipinski definition) is 0. The lowest BCUT2D eigenvalue weighted by molar-refractivity contribution is -0.645. The van der Waals surface area contributed by atoms with E-state index in [1.807, 2.05) is 0 Å². The maximum Gasteiger partial charge on any atom is 0.249 e. The Morgan fingerprint density at radius 3 is 2.12 bits per heavy atom. The Labute approximate surface area is 172 Å². The topological polar surface area (TPSA) is 8.81 Å². The number of aromatic nitrogens is 2. The molecular weight excluding hydrogens is 431 g/mol. The molecule has 3 aromatic rings. The van der Waals surface area contributed by atoms with Gasteiger partial charge in [-0.1, -0.05) is 18.2 Å². The first-order chi connectivity index (χ1) is 12.3. The predicted molar refractivity (Wildman–Crippen MR) is 115 cm³/mol. The van der Waals surface area contributed by atoms with Crippen molar-refractivity contribution in [2.24, 2.45) is 18.9 Å². The molecule has 0 saturated heterocycles. The Balaban J connectivity index is 0.00000150. The molecule has 2 saturated carbocycles. The average Bonchev–Trinajstić information content (AvgIpc) is 2.87. The molecule has 2 aromatic carbocycles. The minimum Gasteiger partial charge on any atom is -0.232 e. The van der Waals surface area contributed by atoms with Gasteiger partial charge in [0.2, 0.25) is 6.33 Å². The number of nitrogens with zero attached hydrogens (tertiary/aromatic N) is 2. The number of imidazole rings is 1. The van der Waals surface area contributed by atoms with Gasteiger partial charge in [-0.3, -0.25) is 0 Å². The lowest BCUT2D eigenvalue weighted by Crippen LogP contribution is -2.26. The maximum absolute atomic E-state index is 2.55. The third-order valence-electron chi connectivity index (χ3n) is 7.16. The fourth-order valence-electron chi connectivity index (χ4n) is 6.24. The molecule has 4 bridgehead atoms. The van der Waals surface area contributed by atoms with Gasteiger partial charge in [0.15, 0.2) is 11.0 Å². The van der Waals surface area contributed by atoms with E-state index in [4.69, 9.17) is 0 Å². The monoisotopic (exact) mass is 457 g/mol. The van der Waals surface area contributed by atoms with E-state index in [0.29, 0.717) is 0 Å². The number of halogens is 1. The van der Waals surface area contributed by atoms with Crippen molar-refractivity contribution in [3.05, 3.63) is 59.9 Å². The van der Waals surface area contributed by atoms with E-state index in [-0.39, 0.29) is 24.0 Å². The molecule has 0 spiro atoms. The molecule has 1 aromatic heterocycles. The third kappa shape index (κ3) is 2.39. The minimum atomic E-state index is 0. The first-order valence-electron chi connectivity index (χ1n) is 9.86. The van der Waals surface area contributed by atoms with Gasteiger partial charge >= 0.3 is 0 Å². The molecule has 0 radical (unpaired) electrons. The Bertz CT molecular complexity index is 961. The van der Waals surface area contributed by atoms with Gasteiger partial charge in [-0.25, -0.2) is 4.57 Å². The number of hydrogen-bond donors (Lipinski definition) is 0. The molecule has 134 valence electrons. The van der Waals surface area contributed by atoms with Crippen LogP contribution in [-0.4, -0.2) is 4.57 Å². The first kappa shape index (κ1) is 16.8. The highest BCUT2D eigenvalue weighted by atomic mass is 127. The van der Waals surface area contributed by atoms with Crippen LogP contribution in [0.3, 0.4) is 0 Å². The Morgan fingerprint density at radius 1 is 0.846 bits per heavy atom. The van der Waals surface area contributed by atoms with Crippen molar-refractivity contribution in [3.8, 4) is 5.69 Å². The molecule has 4 aliphatic rings. The van der Waals surface area contributed by atoms with E-state index < -0.39 is 0 Å². The average molecular weight is 457 g/mol. The van der Waals surface area contributed by atoms with Crippen LogP contribution in [0.15, 0.2) is 48.8 Å². The largest absolute Gasteiger partial charge is 0.249 e. The second-order valence-electron chi connectivity index (χ2n) is 8.71. The van der Waals surface area contributed by atoms with Crippen LogP contribution in [0.1, 0.15) is 55.1 Å². The molecule has 0 amide bonds. The van der Waals surface area contributed by atoms with Crippen molar-refractivity contribution in [1.82, 2.24) is 4.57 Å². The highest BCUT2D eigenvalue weighted by Crippen LogP contribution is 2.56. The highest BCUT2D eigenvalue weighted by molar-refractivity contribution is 14.0. The number of aryl methyl sites for hydroxylation is 1. The van der Waals surface area contributed by atoms with Gasteiger partial charge in [-0.05, 0) is 91.2 Å². The molecule has 1 heterocycles. The molecule has 2 unspecified atom stereocenters. The maximum atomic E-state index is 2.55. The SMILES string of the molecule is C[n+]1cn(-c2ccccc2)c2cc3c(cc21)C1CC2CC(CC3C2)C1.I. The van der Waals surface area contributed by atoms with Crippen molar-refractivity contribution in [2.45, 2.75) is 43.9 Å². The summed E-state index contributed by atoms with van der Waals surface area (Å²) < 4.78 is 4.67. The zero-order valence-electron chi connectivity index (χ0n) is 15.3. The Morgan fingerprint density at radius 2 is 1.46 bits per heavy atom. The summed E-state index contributed by atoms with van der Waals surface area (Å²) in [6.07, 6.45) is 9.49. The number of rotatable bonds is 1. The van der Waals surface area contributed by atoms with Gasteiger partial charge in [0, 0.05) is 0 Å². The quantitative estimate of drug-likeness (QED) is 0.339. The van der Waals surface area contributed by atoms with Crippen molar-refractivity contribution in [2.75, 3.05) is 0 Å². The fraction of sp³-hybridized carbons (Fsp3) is 0.435. The van der Waals surface area contributed by atoms with Crippen molar-refractivity contribution >= 4 is 35.0 Å². The van der Waals surface area contributed by atoms with Crippen LogP contribution in [0.4, 0.5) is 0 Å². The number of benzene rings is 2. The standard InChI is InChI=1S/C23H25N2.HI/c1-24-14-25(19-5-3-2-4-6-19)23-13-21-18-10-15-7-16(11-18)9-17(8-15)20(21)12-22(23)24;/h2-6,12-18H,7-11H2,1H3;1H/q+1;. The molecule has 0 aliphatic heterocycles. The van der Waals surface area contributed by atoms with Crippen LogP contribution in [0.25, 0.3) is 16.7 Å². The third-order valence-corrected chi connectivity index (χ3v) is 7.16. The van der Waals surface area contributed by atoms with Crippen molar-refractivity contribution in [1.29, 1.82) is 0 Å². The molecule has 7 rings (SSSR count). The molecular formula is C23H26IN2+. The van der Waals surface area contributed by atoms with Crippen LogP contribution < -0.4 is 4.57 Å². The van der Waals surface area contributed by atoms with E-state index in [1.54, 1.807) is 11.1 Å². The van der Waals surface area contributed by atoms with Gasteiger partial charge in [0.25, 0.3) is 0 Å². The van der Waals surface area contributed by atoms with E-state index in [2.05, 4.69) is 65.0 Å². The normalized spacial score (nSPS) is 28.7. The summed E-state index contributed by atoms with van der Waals surface area (Å²) in [7, 11) is 2.19. The minimum absolute atomic E-state index is 0. The summed E-state index contributed by atoms with van der Waals surface area (Å²) in [4.78, 5) is 0. The predicted octanol–water partition coefficient (Wildman–Crippen LogP) is 5.46. The van der Waals surface area contributed by atoms with E-state index in [9.17, 15) is 0 Å². The van der Waals surface area contributed by atoms with Gasteiger partial charge < -0.3 is 0 Å². The smallest absolute Gasteiger partial charge is 0.232 e. The molecule has 26 heavy (non-hydrogen) atoms. The van der Waals surface area contributed by atoms with E-state index in [1.165, 1.54) is 48.8 Å². The molecule has 0 N–H and O–H groups in total. The summed E-state index contributed by atoms with van der Waals surface area (Å²) in [5.41, 5.74) is 7.37. The van der Waals surface area contributed by atoms with Crippen LogP contribution >= 0.6 is 24.0 Å². The number of para-hydroxylation sites is 1. The molecule has 2 atom stereocenters. The summed E-state index contributed by atoms with van der Waals surface area (Å²) in [5, 5.41) is 0. The van der Waals surface area contributed by atoms with Crippen LogP contribution in [0.5, 0.6) is 0 Å². The van der Waals surface area contributed by atoms with Gasteiger partial charge in [0.1, 0.15) is 5.69 Å². The molecule has 2 nitrogen and oxygen atoms in total. The van der Waals surface area contributed by atoms with Crippen LogP contribution in [0, 0.1) is 11.8 Å².